The second kappa shape index (κ2) is 3.83. The van der Waals surface area contributed by atoms with Crippen molar-refractivity contribution in [3.63, 3.8) is 0 Å². The molecule has 76 valence electrons. The Morgan fingerprint density at radius 1 is 1.57 bits per heavy atom. The fourth-order valence-corrected chi connectivity index (χ4v) is 0.765. The van der Waals surface area contributed by atoms with Crippen molar-refractivity contribution >= 4 is 11.9 Å². The average molecular weight is 200 g/mol. The normalized spacial score (nSPS) is 12.4. The quantitative estimate of drug-likeness (QED) is 0.532. The second-order valence-electron chi connectivity index (χ2n) is 2.58. The fraction of sp³-hybridized carbons (Fsp3) is 0.333. The van der Waals surface area contributed by atoms with Gasteiger partial charge in [0.05, 0.1) is 12.7 Å². The standard InChI is InChI=1S/C6H8N4O4/c7-3(5(11)12)1-10-2-4(6(13)14)8-9-10/h2-3H,1,7H2,(H,11,12)(H,13,14)/t3-/m1/s1. The zero-order valence-corrected chi connectivity index (χ0v) is 6.99. The van der Waals surface area contributed by atoms with Gasteiger partial charge in [-0.25, -0.2) is 9.48 Å². The first-order valence-electron chi connectivity index (χ1n) is 3.62. The summed E-state index contributed by atoms with van der Waals surface area (Å²) < 4.78 is 1.07. The van der Waals surface area contributed by atoms with Gasteiger partial charge in [0.25, 0.3) is 0 Å². The fourth-order valence-electron chi connectivity index (χ4n) is 0.765. The molecule has 0 saturated carbocycles. The topological polar surface area (TPSA) is 131 Å². The molecule has 0 aliphatic heterocycles. The van der Waals surface area contributed by atoms with Crippen molar-refractivity contribution in [1.82, 2.24) is 15.0 Å². The molecule has 8 nitrogen and oxygen atoms in total. The van der Waals surface area contributed by atoms with E-state index in [0.29, 0.717) is 0 Å². The summed E-state index contributed by atoms with van der Waals surface area (Å²) in [6.45, 7) is -0.115. The number of carboxylic acids is 2. The summed E-state index contributed by atoms with van der Waals surface area (Å²) in [6, 6.07) is -1.13. The molecule has 0 amide bonds. The molecular weight excluding hydrogens is 192 g/mol. The Kier molecular flexibility index (Phi) is 2.77. The molecule has 0 bridgehead atoms. The lowest BCUT2D eigenvalue weighted by Crippen LogP contribution is -2.34. The Morgan fingerprint density at radius 2 is 2.21 bits per heavy atom. The number of rotatable bonds is 4. The van der Waals surface area contributed by atoms with Crippen LogP contribution in [0, 0.1) is 0 Å². The van der Waals surface area contributed by atoms with Gasteiger partial charge in [-0.2, -0.15) is 0 Å². The summed E-state index contributed by atoms with van der Waals surface area (Å²) in [5.41, 5.74) is 4.95. The SMILES string of the molecule is N[C@H](Cn1cc(C(=O)O)nn1)C(=O)O. The van der Waals surface area contributed by atoms with Crippen molar-refractivity contribution < 1.29 is 19.8 Å². The van der Waals surface area contributed by atoms with Crippen LogP contribution in [0.2, 0.25) is 0 Å². The summed E-state index contributed by atoms with van der Waals surface area (Å²) in [5, 5.41) is 23.6. The van der Waals surface area contributed by atoms with Crippen molar-refractivity contribution in [2.75, 3.05) is 0 Å². The molecule has 0 spiro atoms. The molecule has 1 aromatic heterocycles. The van der Waals surface area contributed by atoms with Crippen LogP contribution in [0.15, 0.2) is 6.20 Å². The number of carboxylic acid groups (broad SMARTS) is 2. The van der Waals surface area contributed by atoms with Crippen LogP contribution < -0.4 is 5.73 Å². The van der Waals surface area contributed by atoms with Crippen LogP contribution in [0.25, 0.3) is 0 Å². The Labute approximate surface area is 77.9 Å². The minimum atomic E-state index is -1.22. The van der Waals surface area contributed by atoms with Gasteiger partial charge in [0, 0.05) is 0 Å². The summed E-state index contributed by atoms with van der Waals surface area (Å²) in [7, 11) is 0. The maximum absolute atomic E-state index is 10.4. The average Bonchev–Trinajstić information content (AvgIpc) is 2.52. The van der Waals surface area contributed by atoms with Gasteiger partial charge >= 0.3 is 11.9 Å². The van der Waals surface area contributed by atoms with Crippen molar-refractivity contribution in [1.29, 1.82) is 0 Å². The number of aliphatic carboxylic acids is 1. The highest BCUT2D eigenvalue weighted by atomic mass is 16.4. The van der Waals surface area contributed by atoms with E-state index in [2.05, 4.69) is 10.3 Å². The first-order chi connectivity index (χ1) is 6.50. The summed E-state index contributed by atoms with van der Waals surface area (Å²) in [4.78, 5) is 20.7. The van der Waals surface area contributed by atoms with Crippen LogP contribution in [0.5, 0.6) is 0 Å². The molecule has 4 N–H and O–H groups in total. The van der Waals surface area contributed by atoms with Crippen molar-refractivity contribution in [3.05, 3.63) is 11.9 Å². The highest BCUT2D eigenvalue weighted by molar-refractivity contribution is 5.84. The Balaban J connectivity index is 2.69. The smallest absolute Gasteiger partial charge is 0.358 e. The number of nitrogens with two attached hydrogens (primary N) is 1. The molecule has 0 aliphatic rings. The highest BCUT2D eigenvalue weighted by Gasteiger charge is 2.14. The molecule has 8 heteroatoms. The van der Waals surface area contributed by atoms with Crippen LogP contribution in [0.4, 0.5) is 0 Å². The molecule has 1 rings (SSSR count). The van der Waals surface area contributed by atoms with E-state index >= 15 is 0 Å². The lowest BCUT2D eigenvalue weighted by atomic mass is 10.3. The molecule has 0 unspecified atom stereocenters. The monoisotopic (exact) mass is 200 g/mol. The molecule has 0 saturated heterocycles. The van der Waals surface area contributed by atoms with Crippen molar-refractivity contribution in [3.8, 4) is 0 Å². The Morgan fingerprint density at radius 3 is 2.64 bits per heavy atom. The van der Waals surface area contributed by atoms with E-state index in [1.807, 2.05) is 0 Å². The maximum atomic E-state index is 10.4. The zero-order valence-electron chi connectivity index (χ0n) is 6.99. The summed E-state index contributed by atoms with van der Waals surface area (Å²) in [6.07, 6.45) is 1.12. The Hall–Kier alpha value is -1.96. The summed E-state index contributed by atoms with van der Waals surface area (Å²) >= 11 is 0. The van der Waals surface area contributed by atoms with Crippen molar-refractivity contribution in [2.24, 2.45) is 5.73 Å². The minimum absolute atomic E-state index is 0.115. The molecule has 0 fully saturated rings. The van der Waals surface area contributed by atoms with Crippen LogP contribution in [0.3, 0.4) is 0 Å². The van der Waals surface area contributed by atoms with E-state index in [9.17, 15) is 9.59 Å². The predicted molar refractivity (Wildman–Crippen MR) is 42.6 cm³/mol. The Bertz CT molecular complexity index is 360. The number of carbonyl (C=O) groups is 2. The number of aromatic carboxylic acids is 1. The zero-order chi connectivity index (χ0) is 10.7. The van der Waals surface area contributed by atoms with Gasteiger partial charge in [-0.3, -0.25) is 4.79 Å². The van der Waals surface area contributed by atoms with Gasteiger partial charge in [-0.1, -0.05) is 5.21 Å². The van der Waals surface area contributed by atoms with Crippen LogP contribution >= 0.6 is 0 Å². The number of nitrogens with zero attached hydrogens (tertiary/aromatic N) is 3. The van der Waals surface area contributed by atoms with Gasteiger partial charge in [0.2, 0.25) is 0 Å². The first kappa shape index (κ1) is 10.1. The van der Waals surface area contributed by atoms with E-state index in [4.69, 9.17) is 15.9 Å². The molecule has 0 aromatic carbocycles. The first-order valence-corrected chi connectivity index (χ1v) is 3.62. The lowest BCUT2D eigenvalue weighted by molar-refractivity contribution is -0.138. The lowest BCUT2D eigenvalue weighted by Gasteiger charge is -2.03. The van der Waals surface area contributed by atoms with Gasteiger partial charge < -0.3 is 15.9 Å². The third kappa shape index (κ3) is 2.26. The molecular formula is C6H8N4O4. The molecule has 1 heterocycles. The molecule has 1 aromatic rings. The highest BCUT2D eigenvalue weighted by Crippen LogP contribution is 1.94. The van der Waals surface area contributed by atoms with E-state index in [1.165, 1.54) is 0 Å². The van der Waals surface area contributed by atoms with Gasteiger partial charge in [0.1, 0.15) is 6.04 Å². The van der Waals surface area contributed by atoms with Crippen LogP contribution in [-0.4, -0.2) is 43.2 Å². The van der Waals surface area contributed by atoms with Gasteiger partial charge in [-0.05, 0) is 0 Å². The molecule has 14 heavy (non-hydrogen) atoms. The van der Waals surface area contributed by atoms with Gasteiger partial charge in [-0.15, -0.1) is 5.10 Å². The second-order valence-corrected chi connectivity index (χ2v) is 2.58. The van der Waals surface area contributed by atoms with E-state index in [-0.39, 0.29) is 12.2 Å². The van der Waals surface area contributed by atoms with Crippen LogP contribution in [0.1, 0.15) is 10.5 Å². The van der Waals surface area contributed by atoms with Crippen LogP contribution in [-0.2, 0) is 11.3 Å². The maximum Gasteiger partial charge on any atom is 0.358 e. The van der Waals surface area contributed by atoms with Crippen molar-refractivity contribution in [2.45, 2.75) is 12.6 Å². The molecule has 0 aliphatic carbocycles. The van der Waals surface area contributed by atoms with E-state index in [0.717, 1.165) is 10.9 Å². The predicted octanol–water partition coefficient (Wildman–Crippen LogP) is -1.61. The molecule has 1 atom stereocenters. The summed E-state index contributed by atoms with van der Waals surface area (Å²) in [5.74, 6) is -2.41. The molecule has 0 radical (unpaired) electrons. The van der Waals surface area contributed by atoms with E-state index in [1.54, 1.807) is 0 Å². The number of aromatic nitrogens is 3. The number of hydrogen-bond acceptors (Lipinski definition) is 5. The minimum Gasteiger partial charge on any atom is -0.480 e. The number of hydrogen-bond donors (Lipinski definition) is 3. The third-order valence-corrected chi connectivity index (χ3v) is 1.46. The van der Waals surface area contributed by atoms with Gasteiger partial charge in [0.15, 0.2) is 5.69 Å². The third-order valence-electron chi connectivity index (χ3n) is 1.46. The largest absolute Gasteiger partial charge is 0.480 e. The van der Waals surface area contributed by atoms with E-state index < -0.39 is 18.0 Å².